The van der Waals surface area contributed by atoms with Crippen LogP contribution in [0.25, 0.3) is 0 Å². The number of benzene rings is 2. The Morgan fingerprint density at radius 2 is 1.82 bits per heavy atom. The Bertz CT molecular complexity index is 1150. The molecule has 1 amide bonds. The summed E-state index contributed by atoms with van der Waals surface area (Å²) in [7, 11) is 0. The largest absolute Gasteiger partial charge is 0.480 e. The fourth-order valence-corrected chi connectivity index (χ4v) is 5.53. The molecule has 1 aromatic heterocycles. The zero-order chi connectivity index (χ0) is 24.1. The van der Waals surface area contributed by atoms with E-state index in [0.717, 1.165) is 41.5 Å². The number of thiazole rings is 1. The zero-order valence-corrected chi connectivity index (χ0v) is 20.8. The van der Waals surface area contributed by atoms with Gasteiger partial charge in [0.2, 0.25) is 0 Å². The molecule has 0 aliphatic carbocycles. The van der Waals surface area contributed by atoms with Gasteiger partial charge in [-0.1, -0.05) is 53.5 Å². The number of carboxylic acid groups (broad SMARTS) is 1. The number of amides is 1. The highest BCUT2D eigenvalue weighted by atomic mass is 35.5. The maximum atomic E-state index is 13.6. The SMILES string of the molecule is O=C(O)[C@H](Cc1ccccc1)N(Cc1cnc(N2CCCCC2)s1)C(=O)c1ccc(Cl)cc1Cl. The Balaban J connectivity index is 1.66. The molecule has 178 valence electrons. The van der Waals surface area contributed by atoms with Gasteiger partial charge in [-0.2, -0.15) is 0 Å². The summed E-state index contributed by atoms with van der Waals surface area (Å²) in [5.74, 6) is -1.54. The van der Waals surface area contributed by atoms with Crippen molar-refractivity contribution in [1.29, 1.82) is 0 Å². The summed E-state index contributed by atoms with van der Waals surface area (Å²) in [6, 6.07) is 12.8. The Morgan fingerprint density at radius 3 is 2.50 bits per heavy atom. The van der Waals surface area contributed by atoms with Gasteiger partial charge in [0, 0.05) is 35.6 Å². The van der Waals surface area contributed by atoms with Gasteiger partial charge < -0.3 is 14.9 Å². The smallest absolute Gasteiger partial charge is 0.326 e. The summed E-state index contributed by atoms with van der Waals surface area (Å²) in [4.78, 5) is 35.0. The number of piperidine rings is 1. The number of hydrogen-bond donors (Lipinski definition) is 1. The van der Waals surface area contributed by atoms with Crippen LogP contribution < -0.4 is 4.90 Å². The number of nitrogens with zero attached hydrogens (tertiary/aromatic N) is 3. The highest BCUT2D eigenvalue weighted by molar-refractivity contribution is 7.15. The maximum Gasteiger partial charge on any atom is 0.326 e. The van der Waals surface area contributed by atoms with Crippen molar-refractivity contribution in [3.63, 3.8) is 0 Å². The van der Waals surface area contributed by atoms with E-state index in [0.29, 0.717) is 5.02 Å². The van der Waals surface area contributed by atoms with Gasteiger partial charge in [-0.15, -0.1) is 11.3 Å². The number of carbonyl (C=O) groups is 2. The molecule has 1 aliphatic heterocycles. The minimum atomic E-state index is -1.08. The fourth-order valence-electron chi connectivity index (χ4n) is 4.08. The third-order valence-electron chi connectivity index (χ3n) is 5.85. The number of carboxylic acids is 1. The van der Waals surface area contributed by atoms with Gasteiger partial charge in [-0.3, -0.25) is 4.79 Å². The Morgan fingerprint density at radius 1 is 1.09 bits per heavy atom. The first-order valence-electron chi connectivity index (χ1n) is 11.1. The van der Waals surface area contributed by atoms with E-state index in [9.17, 15) is 14.7 Å². The lowest BCUT2D eigenvalue weighted by atomic mass is 10.0. The Kier molecular flexibility index (Phi) is 8.08. The second-order valence-corrected chi connectivity index (χ2v) is 10.2. The van der Waals surface area contributed by atoms with Crippen LogP contribution >= 0.6 is 34.5 Å². The van der Waals surface area contributed by atoms with Gasteiger partial charge in [-0.05, 0) is 43.0 Å². The van der Waals surface area contributed by atoms with Crippen LogP contribution in [0.1, 0.15) is 40.1 Å². The first kappa shape index (κ1) is 24.5. The lowest BCUT2D eigenvalue weighted by Gasteiger charge is -2.29. The molecule has 1 aliphatic rings. The molecule has 0 saturated carbocycles. The molecule has 2 heterocycles. The minimum absolute atomic E-state index is 0.118. The summed E-state index contributed by atoms with van der Waals surface area (Å²) in [5.41, 5.74) is 1.04. The van der Waals surface area contributed by atoms with Gasteiger partial charge in [0.1, 0.15) is 6.04 Å². The highest BCUT2D eigenvalue weighted by Gasteiger charge is 2.32. The minimum Gasteiger partial charge on any atom is -0.480 e. The molecule has 2 aromatic carbocycles. The van der Waals surface area contributed by atoms with Crippen molar-refractivity contribution in [3.8, 4) is 0 Å². The monoisotopic (exact) mass is 517 g/mol. The first-order valence-corrected chi connectivity index (χ1v) is 12.7. The van der Waals surface area contributed by atoms with Gasteiger partial charge in [0.25, 0.3) is 5.91 Å². The van der Waals surface area contributed by atoms with E-state index < -0.39 is 17.9 Å². The molecule has 1 saturated heterocycles. The molecule has 1 N–H and O–H groups in total. The number of rotatable bonds is 8. The number of carbonyl (C=O) groups excluding carboxylic acids is 1. The van der Waals surface area contributed by atoms with Crippen molar-refractivity contribution >= 4 is 51.5 Å². The van der Waals surface area contributed by atoms with Crippen LogP contribution in [-0.4, -0.2) is 46.0 Å². The van der Waals surface area contributed by atoms with Crippen molar-refractivity contribution in [1.82, 2.24) is 9.88 Å². The van der Waals surface area contributed by atoms with E-state index in [2.05, 4.69) is 9.88 Å². The van der Waals surface area contributed by atoms with Crippen LogP contribution in [0.5, 0.6) is 0 Å². The molecule has 0 radical (unpaired) electrons. The van der Waals surface area contributed by atoms with Crippen LogP contribution in [0.15, 0.2) is 54.7 Å². The van der Waals surface area contributed by atoms with Crippen LogP contribution in [0, 0.1) is 0 Å². The van der Waals surface area contributed by atoms with Crippen molar-refractivity contribution in [2.24, 2.45) is 0 Å². The standard InChI is InChI=1S/C25H25Cl2N3O3S/c26-18-9-10-20(21(27)14-18)23(31)30(22(24(32)33)13-17-7-3-1-4-8-17)16-19-15-28-25(34-19)29-11-5-2-6-12-29/h1,3-4,7-10,14-15,22H,2,5-6,11-13,16H2,(H,32,33)/t22-/m0/s1. The second-order valence-electron chi connectivity index (χ2n) is 8.26. The van der Waals surface area contributed by atoms with E-state index in [1.54, 1.807) is 12.3 Å². The molecule has 0 bridgehead atoms. The van der Waals surface area contributed by atoms with Crippen LogP contribution in [0.2, 0.25) is 10.0 Å². The molecule has 1 atom stereocenters. The van der Waals surface area contributed by atoms with Crippen molar-refractivity contribution < 1.29 is 14.7 Å². The maximum absolute atomic E-state index is 13.6. The average Bonchev–Trinajstić information content (AvgIpc) is 3.31. The van der Waals surface area contributed by atoms with Crippen molar-refractivity contribution in [3.05, 3.63) is 80.8 Å². The number of aromatic nitrogens is 1. The summed E-state index contributed by atoms with van der Waals surface area (Å²) < 4.78 is 0. The zero-order valence-electron chi connectivity index (χ0n) is 18.5. The normalized spacial score (nSPS) is 14.6. The van der Waals surface area contributed by atoms with Crippen LogP contribution in [-0.2, 0) is 17.8 Å². The number of halogens is 2. The van der Waals surface area contributed by atoms with E-state index in [1.165, 1.54) is 34.8 Å². The molecule has 0 spiro atoms. The summed E-state index contributed by atoms with van der Waals surface area (Å²) in [5, 5.41) is 11.6. The number of hydrogen-bond acceptors (Lipinski definition) is 5. The first-order chi connectivity index (χ1) is 16.4. The van der Waals surface area contributed by atoms with Crippen LogP contribution in [0.3, 0.4) is 0 Å². The summed E-state index contributed by atoms with van der Waals surface area (Å²) >= 11 is 13.8. The molecule has 0 unspecified atom stereocenters. The topological polar surface area (TPSA) is 73.7 Å². The summed E-state index contributed by atoms with van der Waals surface area (Å²) in [6.07, 6.45) is 5.39. The van der Waals surface area contributed by atoms with E-state index in [-0.39, 0.29) is 23.6 Å². The quantitative estimate of drug-likeness (QED) is 0.410. The number of anilines is 1. The predicted molar refractivity (Wildman–Crippen MR) is 136 cm³/mol. The van der Waals surface area contributed by atoms with Gasteiger partial charge in [0.05, 0.1) is 17.1 Å². The van der Waals surface area contributed by atoms with E-state index in [1.807, 2.05) is 30.3 Å². The predicted octanol–water partition coefficient (Wildman–Crippen LogP) is 5.78. The Hall–Kier alpha value is -2.61. The molecule has 4 rings (SSSR count). The average molecular weight is 518 g/mol. The van der Waals surface area contributed by atoms with E-state index >= 15 is 0 Å². The highest BCUT2D eigenvalue weighted by Crippen LogP contribution is 2.29. The van der Waals surface area contributed by atoms with Crippen molar-refractivity contribution in [2.45, 2.75) is 38.3 Å². The third-order valence-corrected chi connectivity index (χ3v) is 7.44. The second kappa shape index (κ2) is 11.2. The van der Waals surface area contributed by atoms with Crippen LogP contribution in [0.4, 0.5) is 5.13 Å². The molecule has 3 aromatic rings. The molecular weight excluding hydrogens is 493 g/mol. The molecule has 1 fully saturated rings. The van der Waals surface area contributed by atoms with Gasteiger partial charge >= 0.3 is 5.97 Å². The molecule has 9 heteroatoms. The molecule has 34 heavy (non-hydrogen) atoms. The number of aliphatic carboxylic acids is 1. The fraction of sp³-hybridized carbons (Fsp3) is 0.320. The van der Waals surface area contributed by atoms with Gasteiger partial charge in [-0.25, -0.2) is 9.78 Å². The lowest BCUT2D eigenvalue weighted by Crippen LogP contribution is -2.46. The lowest BCUT2D eigenvalue weighted by molar-refractivity contribution is -0.142. The Labute approximate surface area is 212 Å². The molecular formula is C25H25Cl2N3O3S. The molecule has 6 nitrogen and oxygen atoms in total. The summed E-state index contributed by atoms with van der Waals surface area (Å²) in [6.45, 7) is 2.04. The third kappa shape index (κ3) is 5.90. The van der Waals surface area contributed by atoms with Gasteiger partial charge in [0.15, 0.2) is 5.13 Å². The van der Waals surface area contributed by atoms with Crippen molar-refractivity contribution in [2.75, 3.05) is 18.0 Å². The van der Waals surface area contributed by atoms with E-state index in [4.69, 9.17) is 23.2 Å².